The van der Waals surface area contributed by atoms with Gasteiger partial charge in [0.25, 0.3) is 0 Å². The number of aliphatic hydroxyl groups is 1. The van der Waals surface area contributed by atoms with E-state index in [2.05, 4.69) is 5.32 Å². The summed E-state index contributed by atoms with van der Waals surface area (Å²) in [7, 11) is 1.63. The van der Waals surface area contributed by atoms with Crippen LogP contribution in [-0.4, -0.2) is 57.8 Å². The van der Waals surface area contributed by atoms with Crippen LogP contribution in [0.2, 0.25) is 10.0 Å². The molecule has 0 saturated heterocycles. The molecular weight excluding hydrogens is 317 g/mol. The van der Waals surface area contributed by atoms with Gasteiger partial charge in [-0.3, -0.25) is 0 Å². The third-order valence-corrected chi connectivity index (χ3v) is 3.11. The predicted molar refractivity (Wildman–Crippen MR) is 83.5 cm³/mol. The molecule has 1 atom stereocenters. The van der Waals surface area contributed by atoms with E-state index in [0.717, 1.165) is 0 Å². The van der Waals surface area contributed by atoms with Gasteiger partial charge in [-0.1, -0.05) is 23.2 Å². The first-order valence-corrected chi connectivity index (χ1v) is 7.42. The molecule has 0 bridgehead atoms. The molecule has 120 valence electrons. The summed E-state index contributed by atoms with van der Waals surface area (Å²) in [5.41, 5.74) is 0. The summed E-state index contributed by atoms with van der Waals surface area (Å²) in [6, 6.07) is 4.95. The zero-order chi connectivity index (χ0) is 15.5. The van der Waals surface area contributed by atoms with Crippen molar-refractivity contribution in [2.75, 3.05) is 46.6 Å². The van der Waals surface area contributed by atoms with E-state index in [1.165, 1.54) is 0 Å². The van der Waals surface area contributed by atoms with Crippen LogP contribution < -0.4 is 10.1 Å². The maximum Gasteiger partial charge on any atom is 0.139 e. The standard InChI is InChI=1S/C14H21Cl2NO4/c1-19-6-7-20-5-4-17-9-12(18)10-21-14-8-11(15)2-3-13(14)16/h2-3,8,12,17-18H,4-7,9-10H2,1H3. The summed E-state index contributed by atoms with van der Waals surface area (Å²) in [4.78, 5) is 0. The highest BCUT2D eigenvalue weighted by Gasteiger charge is 2.07. The minimum atomic E-state index is -0.640. The number of rotatable bonds is 11. The van der Waals surface area contributed by atoms with Crippen molar-refractivity contribution in [3.8, 4) is 5.75 Å². The fraction of sp³-hybridized carbons (Fsp3) is 0.571. The van der Waals surface area contributed by atoms with Gasteiger partial charge in [-0.2, -0.15) is 0 Å². The van der Waals surface area contributed by atoms with Crippen LogP contribution in [0.15, 0.2) is 18.2 Å². The van der Waals surface area contributed by atoms with Gasteiger partial charge in [-0.25, -0.2) is 0 Å². The van der Waals surface area contributed by atoms with E-state index in [1.807, 2.05) is 0 Å². The summed E-state index contributed by atoms with van der Waals surface area (Å²) in [6.45, 7) is 2.91. The molecule has 0 aliphatic carbocycles. The first kappa shape index (κ1) is 18.5. The normalized spacial score (nSPS) is 12.4. The van der Waals surface area contributed by atoms with Crippen LogP contribution in [-0.2, 0) is 9.47 Å². The van der Waals surface area contributed by atoms with Gasteiger partial charge in [-0.05, 0) is 12.1 Å². The van der Waals surface area contributed by atoms with Gasteiger partial charge >= 0.3 is 0 Å². The monoisotopic (exact) mass is 337 g/mol. The van der Waals surface area contributed by atoms with Gasteiger partial charge in [0.05, 0.1) is 24.8 Å². The molecule has 0 aliphatic heterocycles. The molecule has 21 heavy (non-hydrogen) atoms. The lowest BCUT2D eigenvalue weighted by atomic mass is 10.3. The van der Waals surface area contributed by atoms with E-state index in [0.29, 0.717) is 48.7 Å². The summed E-state index contributed by atoms with van der Waals surface area (Å²) >= 11 is 11.8. The number of benzene rings is 1. The van der Waals surface area contributed by atoms with Crippen LogP contribution in [0.1, 0.15) is 0 Å². The molecule has 0 spiro atoms. The van der Waals surface area contributed by atoms with Gasteiger partial charge < -0.3 is 24.6 Å². The van der Waals surface area contributed by atoms with Gasteiger partial charge in [0.1, 0.15) is 18.5 Å². The Morgan fingerprint density at radius 2 is 2.05 bits per heavy atom. The first-order chi connectivity index (χ1) is 10.1. The van der Waals surface area contributed by atoms with E-state index >= 15 is 0 Å². The number of aliphatic hydroxyl groups excluding tert-OH is 1. The Hall–Kier alpha value is -0.560. The molecule has 0 amide bonds. The minimum Gasteiger partial charge on any atom is -0.489 e. The van der Waals surface area contributed by atoms with E-state index < -0.39 is 6.10 Å². The lowest BCUT2D eigenvalue weighted by Gasteiger charge is -2.14. The van der Waals surface area contributed by atoms with Crippen molar-refractivity contribution < 1.29 is 19.3 Å². The second kappa shape index (κ2) is 11.1. The molecule has 0 aliphatic rings. The molecule has 7 heteroatoms. The van der Waals surface area contributed by atoms with Crippen LogP contribution in [0.5, 0.6) is 5.75 Å². The van der Waals surface area contributed by atoms with Crippen LogP contribution in [0.4, 0.5) is 0 Å². The second-order valence-electron chi connectivity index (χ2n) is 4.35. The third kappa shape index (κ3) is 8.46. The fourth-order valence-corrected chi connectivity index (χ4v) is 1.82. The van der Waals surface area contributed by atoms with Crippen molar-refractivity contribution >= 4 is 23.2 Å². The number of hydrogen-bond acceptors (Lipinski definition) is 5. The quantitative estimate of drug-likeness (QED) is 0.604. The molecule has 0 heterocycles. The lowest BCUT2D eigenvalue weighted by molar-refractivity contribution is 0.0679. The van der Waals surface area contributed by atoms with Crippen LogP contribution >= 0.6 is 23.2 Å². The molecule has 0 saturated carbocycles. The summed E-state index contributed by atoms with van der Waals surface area (Å²) < 4.78 is 15.6. The number of methoxy groups -OCH3 is 1. The SMILES string of the molecule is COCCOCCNCC(O)COc1cc(Cl)ccc1Cl. The second-order valence-corrected chi connectivity index (χ2v) is 5.19. The van der Waals surface area contributed by atoms with E-state index in [9.17, 15) is 5.11 Å². The lowest BCUT2D eigenvalue weighted by Crippen LogP contribution is -2.33. The smallest absolute Gasteiger partial charge is 0.139 e. The van der Waals surface area contributed by atoms with Crippen molar-refractivity contribution in [2.24, 2.45) is 0 Å². The van der Waals surface area contributed by atoms with Crippen molar-refractivity contribution in [1.82, 2.24) is 5.32 Å². The molecule has 0 aromatic heterocycles. The topological polar surface area (TPSA) is 60.0 Å². The zero-order valence-corrected chi connectivity index (χ0v) is 13.5. The molecule has 0 radical (unpaired) electrons. The molecule has 5 nitrogen and oxygen atoms in total. The van der Waals surface area contributed by atoms with Crippen LogP contribution in [0.25, 0.3) is 0 Å². The van der Waals surface area contributed by atoms with Crippen molar-refractivity contribution in [3.05, 3.63) is 28.2 Å². The highest BCUT2D eigenvalue weighted by molar-refractivity contribution is 6.34. The maximum atomic E-state index is 9.79. The highest BCUT2D eigenvalue weighted by Crippen LogP contribution is 2.27. The van der Waals surface area contributed by atoms with E-state index in [4.69, 9.17) is 37.4 Å². The predicted octanol–water partition coefficient (Wildman–Crippen LogP) is 1.99. The van der Waals surface area contributed by atoms with Crippen molar-refractivity contribution in [3.63, 3.8) is 0 Å². The zero-order valence-electron chi connectivity index (χ0n) is 12.0. The van der Waals surface area contributed by atoms with E-state index in [-0.39, 0.29) is 6.61 Å². The number of halogens is 2. The van der Waals surface area contributed by atoms with Gasteiger partial charge in [0.2, 0.25) is 0 Å². The molecule has 1 aromatic rings. The van der Waals surface area contributed by atoms with Crippen molar-refractivity contribution in [1.29, 1.82) is 0 Å². The Kier molecular flexibility index (Phi) is 9.74. The van der Waals surface area contributed by atoms with Gasteiger partial charge in [-0.15, -0.1) is 0 Å². The molecular formula is C14H21Cl2NO4. The van der Waals surface area contributed by atoms with Crippen molar-refractivity contribution in [2.45, 2.75) is 6.10 Å². The Morgan fingerprint density at radius 1 is 1.24 bits per heavy atom. The largest absolute Gasteiger partial charge is 0.489 e. The number of hydrogen-bond donors (Lipinski definition) is 2. The molecule has 2 N–H and O–H groups in total. The minimum absolute atomic E-state index is 0.137. The first-order valence-electron chi connectivity index (χ1n) is 6.66. The molecule has 1 rings (SSSR count). The third-order valence-electron chi connectivity index (χ3n) is 2.56. The Balaban J connectivity index is 2.11. The fourth-order valence-electron chi connectivity index (χ4n) is 1.49. The number of nitrogens with one attached hydrogen (secondary N) is 1. The van der Waals surface area contributed by atoms with Gasteiger partial charge in [0.15, 0.2) is 0 Å². The Bertz CT molecular complexity index is 407. The summed E-state index contributed by atoms with van der Waals surface area (Å²) in [6.07, 6.45) is -0.640. The van der Waals surface area contributed by atoms with Crippen LogP contribution in [0.3, 0.4) is 0 Å². The number of ether oxygens (including phenoxy) is 3. The maximum absolute atomic E-state index is 9.79. The Labute approximate surface area is 135 Å². The van der Waals surface area contributed by atoms with Crippen LogP contribution in [0, 0.1) is 0 Å². The Morgan fingerprint density at radius 3 is 2.81 bits per heavy atom. The highest BCUT2D eigenvalue weighted by atomic mass is 35.5. The molecule has 0 fully saturated rings. The van der Waals surface area contributed by atoms with E-state index in [1.54, 1.807) is 25.3 Å². The summed E-state index contributed by atoms with van der Waals surface area (Å²) in [5.74, 6) is 0.464. The van der Waals surface area contributed by atoms with Gasteiger partial charge in [0, 0.05) is 31.3 Å². The molecule has 1 aromatic carbocycles. The average Bonchev–Trinajstić information content (AvgIpc) is 2.47. The molecule has 1 unspecified atom stereocenters. The average molecular weight is 338 g/mol. The summed E-state index contributed by atoms with van der Waals surface area (Å²) in [5, 5.41) is 13.9.